The quantitative estimate of drug-likeness (QED) is 0.0533. The van der Waals surface area contributed by atoms with E-state index in [9.17, 15) is 44.1 Å². The van der Waals surface area contributed by atoms with Crippen molar-refractivity contribution >= 4 is 50.2 Å². The minimum absolute atomic E-state index is 0.0698. The smallest absolute Gasteiger partial charge is 0.338 e. The summed E-state index contributed by atoms with van der Waals surface area (Å²) in [6.07, 6.45) is 10.7. The molecule has 1 heterocycles. The van der Waals surface area contributed by atoms with Gasteiger partial charge in [0.25, 0.3) is 0 Å². The van der Waals surface area contributed by atoms with Crippen LogP contribution in [-0.2, 0) is 33.8 Å². The van der Waals surface area contributed by atoms with Crippen molar-refractivity contribution in [1.29, 1.82) is 0 Å². The Balaban J connectivity index is 1.06. The average molecular weight is 976 g/mol. The Labute approximate surface area is 410 Å². The number of terminal acetylenes is 3. The van der Waals surface area contributed by atoms with Gasteiger partial charge in [0, 0.05) is 0 Å². The highest BCUT2D eigenvalue weighted by molar-refractivity contribution is 5.97. The van der Waals surface area contributed by atoms with E-state index in [1.54, 1.807) is 91.0 Å². The average Bonchev–Trinajstić information content (AvgIpc) is 3.39. The van der Waals surface area contributed by atoms with Gasteiger partial charge in [-0.2, -0.15) is 0 Å². The minimum Gasteiger partial charge on any atom is -0.481 e. The minimum atomic E-state index is -1.71. The Bertz CT molecular complexity index is 3110. The fourth-order valence-electron chi connectivity index (χ4n) is 7.40. The molecule has 3 N–H and O–H groups in total. The molecule has 3 unspecified atom stereocenters. The third-order valence-corrected chi connectivity index (χ3v) is 10.9. The summed E-state index contributed by atoms with van der Waals surface area (Å²) in [6, 6.07) is 29.4. The monoisotopic (exact) mass is 975 g/mol. The number of hydrogen-bond donors (Lipinski definition) is 3. The topological polar surface area (TPSA) is 233 Å². The van der Waals surface area contributed by atoms with Crippen molar-refractivity contribution in [2.24, 2.45) is 0 Å². The lowest BCUT2D eigenvalue weighted by Gasteiger charge is -2.19. The maximum absolute atomic E-state index is 13.9. The Morgan fingerprint density at radius 2 is 0.667 bits per heavy atom. The van der Waals surface area contributed by atoms with Crippen LogP contribution in [0.3, 0.4) is 0 Å². The lowest BCUT2D eigenvalue weighted by atomic mass is 10.1. The van der Waals surface area contributed by atoms with Gasteiger partial charge < -0.3 is 43.7 Å². The maximum Gasteiger partial charge on any atom is 0.338 e. The third kappa shape index (κ3) is 12.6. The lowest BCUT2D eigenvalue weighted by Crippen LogP contribution is -2.57. The predicted molar refractivity (Wildman–Crippen MR) is 263 cm³/mol. The van der Waals surface area contributed by atoms with Gasteiger partial charge in [-0.25, -0.2) is 42.5 Å². The summed E-state index contributed by atoms with van der Waals surface area (Å²) in [7, 11) is 0. The molecule has 0 fully saturated rings. The van der Waals surface area contributed by atoms with Gasteiger partial charge in [-0.05, 0) is 105 Å². The summed E-state index contributed by atoms with van der Waals surface area (Å²) >= 11 is 0. The molecule has 18 nitrogen and oxygen atoms in total. The highest BCUT2D eigenvalue weighted by Gasteiger charge is 2.24. The van der Waals surface area contributed by atoms with Crippen LogP contribution < -0.4 is 31.3 Å². The molecular formula is C54H45N3O15. The molecule has 0 aliphatic heterocycles. The highest BCUT2D eigenvalue weighted by Crippen LogP contribution is 2.25. The van der Waals surface area contributed by atoms with E-state index in [2.05, 4.69) is 17.8 Å². The summed E-state index contributed by atoms with van der Waals surface area (Å²) in [5.74, 6) is 6.17. The number of ether oxygens (including phenoxy) is 6. The largest absolute Gasteiger partial charge is 0.481 e. The molecule has 72 heavy (non-hydrogen) atoms. The summed E-state index contributed by atoms with van der Waals surface area (Å²) in [6.45, 7) is -4.45. The Kier molecular flexibility index (Phi) is 16.5. The van der Waals surface area contributed by atoms with Crippen molar-refractivity contribution in [3.05, 3.63) is 157 Å². The van der Waals surface area contributed by atoms with Crippen LogP contribution in [0, 0.1) is 37.0 Å². The molecule has 0 radical (unpaired) electrons. The first-order valence-corrected chi connectivity index (χ1v) is 22.1. The number of aliphatic hydroxyl groups excluding tert-OH is 3. The van der Waals surface area contributed by atoms with Crippen LogP contribution in [0.2, 0.25) is 0 Å². The summed E-state index contributed by atoms with van der Waals surface area (Å²) in [5.41, 5.74) is -3.55. The molecule has 7 aromatic rings. The van der Waals surface area contributed by atoms with E-state index in [1.165, 1.54) is 18.2 Å². The number of benzene rings is 6. The van der Waals surface area contributed by atoms with Gasteiger partial charge in [-0.15, -0.1) is 19.3 Å². The van der Waals surface area contributed by atoms with Crippen molar-refractivity contribution in [2.75, 3.05) is 39.6 Å². The lowest BCUT2D eigenvalue weighted by molar-refractivity contribution is 0.0169. The summed E-state index contributed by atoms with van der Waals surface area (Å²) in [5, 5.41) is 37.3. The van der Waals surface area contributed by atoms with E-state index in [0.717, 1.165) is 16.2 Å². The SMILES string of the molecule is C#CCOc1ccc2cc(C(=O)OCC(O)Cn3c(=O)n(CC(O)COC(=O)c4ccc5cc(OCC#C)ccc5c4)c(=O)n(CC(O)COC(=O)c4ccc5cc(OCC#C)ccc5c4)c3=O)ccc2c1. The number of nitrogens with zero attached hydrogens (tertiary/aromatic N) is 3. The van der Waals surface area contributed by atoms with Crippen LogP contribution in [0.15, 0.2) is 124 Å². The van der Waals surface area contributed by atoms with Gasteiger partial charge in [0.1, 0.15) is 75.2 Å². The second-order valence-electron chi connectivity index (χ2n) is 16.1. The second-order valence-corrected chi connectivity index (χ2v) is 16.1. The van der Waals surface area contributed by atoms with E-state index in [0.29, 0.717) is 47.1 Å². The molecule has 0 bridgehead atoms. The molecule has 0 aliphatic carbocycles. The molecule has 0 saturated heterocycles. The molecular weight excluding hydrogens is 931 g/mol. The molecule has 18 heteroatoms. The standard InChI is InChI=1S/C54H45N3O15/c1-4-19-67-46-16-13-34-22-40(10-7-37(34)25-46)49(61)70-31-43(58)28-55-52(64)56(29-44(59)32-71-50(62)41-11-8-38-26-47(68-20-5-2)17-14-35(38)23-41)54(66)57(53(55)65)30-45(60)33-72-51(63)42-12-9-39-27-48(69-21-6-3)18-15-36(39)24-42/h1-3,7-18,22-27,43-45,58-60H,19-21,28-33H2. The van der Waals surface area contributed by atoms with Gasteiger partial charge in [-0.1, -0.05) is 54.2 Å². The molecule has 3 atom stereocenters. The van der Waals surface area contributed by atoms with Crippen molar-refractivity contribution in [2.45, 2.75) is 37.9 Å². The highest BCUT2D eigenvalue weighted by atomic mass is 16.6. The molecule has 1 aromatic heterocycles. The number of hydrogen-bond acceptors (Lipinski definition) is 15. The number of carbonyl (C=O) groups excluding carboxylic acids is 3. The maximum atomic E-state index is 13.9. The number of aliphatic hydroxyl groups is 3. The van der Waals surface area contributed by atoms with E-state index >= 15 is 0 Å². The van der Waals surface area contributed by atoms with E-state index in [1.807, 2.05) is 0 Å². The summed E-state index contributed by atoms with van der Waals surface area (Å²) < 4.78 is 33.6. The van der Waals surface area contributed by atoms with Crippen LogP contribution in [0.4, 0.5) is 0 Å². The molecule has 0 spiro atoms. The van der Waals surface area contributed by atoms with Crippen LogP contribution in [0.5, 0.6) is 17.2 Å². The Morgan fingerprint density at radius 3 is 0.931 bits per heavy atom. The number of fused-ring (bicyclic) bond motifs is 3. The van der Waals surface area contributed by atoms with E-state index in [-0.39, 0.29) is 36.5 Å². The van der Waals surface area contributed by atoms with Crippen molar-refractivity contribution in [3.8, 4) is 54.3 Å². The second kappa shape index (κ2) is 23.5. The first-order valence-electron chi connectivity index (χ1n) is 22.1. The number of rotatable bonds is 21. The number of carbonyl (C=O) groups is 3. The summed E-state index contributed by atoms with van der Waals surface area (Å²) in [4.78, 5) is 80.9. The van der Waals surface area contributed by atoms with Crippen LogP contribution in [0.25, 0.3) is 32.3 Å². The number of aromatic nitrogens is 3. The van der Waals surface area contributed by atoms with E-state index < -0.39 is 92.7 Å². The van der Waals surface area contributed by atoms with Gasteiger partial charge >= 0.3 is 35.0 Å². The van der Waals surface area contributed by atoms with Crippen molar-refractivity contribution < 1.29 is 58.1 Å². The number of esters is 3. The molecule has 6 aromatic carbocycles. The fraction of sp³-hybridized carbons (Fsp3) is 0.222. The van der Waals surface area contributed by atoms with Crippen molar-refractivity contribution in [1.82, 2.24) is 13.7 Å². The zero-order chi connectivity index (χ0) is 51.3. The Hall–Kier alpha value is -9.12. The zero-order valence-electron chi connectivity index (χ0n) is 38.3. The molecule has 7 rings (SSSR count). The van der Waals surface area contributed by atoms with Gasteiger partial charge in [0.2, 0.25) is 0 Å². The van der Waals surface area contributed by atoms with Crippen molar-refractivity contribution in [3.63, 3.8) is 0 Å². The molecule has 0 aliphatic rings. The normalized spacial score (nSPS) is 12.2. The van der Waals surface area contributed by atoms with Gasteiger partial charge in [-0.3, -0.25) is 0 Å². The first kappa shape index (κ1) is 50.7. The Morgan fingerprint density at radius 1 is 0.417 bits per heavy atom. The molecule has 0 saturated carbocycles. The van der Waals surface area contributed by atoms with Crippen LogP contribution >= 0.6 is 0 Å². The fourth-order valence-corrected chi connectivity index (χ4v) is 7.40. The van der Waals surface area contributed by atoms with Crippen LogP contribution in [0.1, 0.15) is 31.1 Å². The first-order chi connectivity index (χ1) is 34.7. The zero-order valence-corrected chi connectivity index (χ0v) is 38.3. The third-order valence-electron chi connectivity index (χ3n) is 10.9. The van der Waals surface area contributed by atoms with Gasteiger partial charge in [0.05, 0.1) is 36.3 Å². The predicted octanol–water partition coefficient (Wildman–Crippen LogP) is 3.32. The molecule has 0 amide bonds. The van der Waals surface area contributed by atoms with Gasteiger partial charge in [0.15, 0.2) is 0 Å². The van der Waals surface area contributed by atoms with Crippen LogP contribution in [-0.4, -0.2) is 105 Å². The molecule has 366 valence electrons. The van der Waals surface area contributed by atoms with E-state index in [4.69, 9.17) is 47.7 Å².